The van der Waals surface area contributed by atoms with Crippen LogP contribution in [0.4, 0.5) is 11.6 Å². The fourth-order valence-electron chi connectivity index (χ4n) is 3.33. The van der Waals surface area contributed by atoms with E-state index in [0.717, 1.165) is 43.0 Å². The number of hydrogen-bond acceptors (Lipinski definition) is 7. The van der Waals surface area contributed by atoms with E-state index in [4.69, 9.17) is 10.2 Å². The molecule has 0 aromatic carbocycles. The van der Waals surface area contributed by atoms with Gasteiger partial charge in [0.2, 0.25) is 5.95 Å². The van der Waals surface area contributed by atoms with Gasteiger partial charge in [-0.15, -0.1) is 0 Å². The van der Waals surface area contributed by atoms with Gasteiger partial charge in [-0.05, 0) is 49.7 Å². The summed E-state index contributed by atoms with van der Waals surface area (Å²) in [6.07, 6.45) is 7.43. The Kier molecular flexibility index (Phi) is 4.99. The van der Waals surface area contributed by atoms with Crippen LogP contribution in [0.25, 0.3) is 0 Å². The molecular weight excluding hydrogens is 338 g/mol. The monoisotopic (exact) mass is 357 g/mol. The average Bonchev–Trinajstić information content (AvgIpc) is 3.18. The second kappa shape index (κ2) is 7.89. The van der Waals surface area contributed by atoms with Gasteiger partial charge in [0.05, 0.1) is 29.3 Å². The topological polar surface area (TPSA) is 90.6 Å². The molecule has 7 heteroatoms. The molecule has 0 saturated carbocycles. The number of likely N-dealkylation sites (tertiary alicyclic amines) is 1. The van der Waals surface area contributed by atoms with Crippen LogP contribution in [0.2, 0.25) is 0 Å². The van der Waals surface area contributed by atoms with Crippen LogP contribution < -0.4 is 5.32 Å². The van der Waals surface area contributed by atoms with Gasteiger partial charge in [-0.3, -0.25) is 9.88 Å². The first-order chi connectivity index (χ1) is 13.3. The number of rotatable bonds is 5. The molecule has 1 aliphatic heterocycles. The third-order valence-electron chi connectivity index (χ3n) is 4.61. The van der Waals surface area contributed by atoms with Crippen molar-refractivity contribution in [1.29, 1.82) is 5.26 Å². The molecule has 3 aromatic rings. The van der Waals surface area contributed by atoms with Crippen LogP contribution in [0.15, 0.2) is 55.0 Å². The van der Waals surface area contributed by atoms with E-state index < -0.39 is 0 Å². The summed E-state index contributed by atoms with van der Waals surface area (Å²) in [6, 6.07) is 13.7. The maximum absolute atomic E-state index is 8.84. The Bertz CT molecular complexity index is 935. The molecule has 0 bridgehead atoms. The second-order valence-corrected chi connectivity index (χ2v) is 6.42. The van der Waals surface area contributed by atoms with Crippen molar-refractivity contribution in [2.24, 2.45) is 0 Å². The average molecular weight is 357 g/mol. The van der Waals surface area contributed by atoms with Crippen LogP contribution in [-0.4, -0.2) is 31.4 Å². The van der Waals surface area contributed by atoms with E-state index in [1.807, 2.05) is 30.5 Å². The first-order valence-corrected chi connectivity index (χ1v) is 8.92. The Morgan fingerprint density at radius 3 is 2.85 bits per heavy atom. The first-order valence-electron chi connectivity index (χ1n) is 8.92. The van der Waals surface area contributed by atoms with Crippen molar-refractivity contribution in [3.63, 3.8) is 0 Å². The Balaban J connectivity index is 1.50. The molecule has 27 heavy (non-hydrogen) atoms. The Hall–Kier alpha value is -3.37. The molecule has 1 unspecified atom stereocenters. The normalized spacial score (nSPS) is 16.8. The van der Waals surface area contributed by atoms with Crippen LogP contribution in [-0.2, 0) is 6.54 Å². The molecule has 3 aromatic heterocycles. The van der Waals surface area contributed by atoms with E-state index >= 15 is 0 Å². The molecule has 1 N–H and O–H groups in total. The number of hydrogen-bond donors (Lipinski definition) is 1. The van der Waals surface area contributed by atoms with Crippen molar-refractivity contribution in [1.82, 2.24) is 24.8 Å². The van der Waals surface area contributed by atoms with Gasteiger partial charge < -0.3 is 5.32 Å². The molecule has 1 atom stereocenters. The summed E-state index contributed by atoms with van der Waals surface area (Å²) in [5.74, 6) is 0.531. The van der Waals surface area contributed by atoms with E-state index in [1.54, 1.807) is 24.5 Å². The molecule has 0 aliphatic carbocycles. The minimum Gasteiger partial charge on any atom is -0.323 e. The molecule has 1 aliphatic rings. The van der Waals surface area contributed by atoms with Gasteiger partial charge in [0.1, 0.15) is 11.8 Å². The van der Waals surface area contributed by atoms with E-state index in [9.17, 15) is 0 Å². The lowest BCUT2D eigenvalue weighted by molar-refractivity contribution is 0.241. The van der Waals surface area contributed by atoms with E-state index in [0.29, 0.717) is 11.6 Å². The van der Waals surface area contributed by atoms with E-state index in [1.165, 1.54) is 0 Å². The quantitative estimate of drug-likeness (QED) is 0.749. The summed E-state index contributed by atoms with van der Waals surface area (Å²) in [4.78, 5) is 19.9. The predicted molar refractivity (Wildman–Crippen MR) is 101 cm³/mol. The van der Waals surface area contributed by atoms with Gasteiger partial charge in [0, 0.05) is 18.9 Å². The van der Waals surface area contributed by atoms with Crippen LogP contribution in [0.5, 0.6) is 0 Å². The lowest BCUT2D eigenvalue weighted by Gasteiger charge is -2.23. The molecule has 0 spiro atoms. The van der Waals surface area contributed by atoms with Gasteiger partial charge in [0.25, 0.3) is 0 Å². The predicted octanol–water partition coefficient (Wildman–Crippen LogP) is 3.22. The van der Waals surface area contributed by atoms with E-state index in [2.05, 4.69) is 31.2 Å². The number of nitrogens with one attached hydrogen (secondary N) is 1. The van der Waals surface area contributed by atoms with Gasteiger partial charge in [-0.25, -0.2) is 15.0 Å². The summed E-state index contributed by atoms with van der Waals surface area (Å²) in [5, 5.41) is 12.0. The maximum atomic E-state index is 8.84. The minimum atomic E-state index is 0.259. The highest BCUT2D eigenvalue weighted by Crippen LogP contribution is 2.32. The summed E-state index contributed by atoms with van der Waals surface area (Å²) >= 11 is 0. The molecule has 1 saturated heterocycles. The molecule has 134 valence electrons. The Morgan fingerprint density at radius 2 is 2.07 bits per heavy atom. The summed E-state index contributed by atoms with van der Waals surface area (Å²) in [5.41, 5.74) is 3.21. The third-order valence-corrected chi connectivity index (χ3v) is 4.61. The Labute approximate surface area is 157 Å². The Morgan fingerprint density at radius 1 is 1.11 bits per heavy atom. The zero-order valence-corrected chi connectivity index (χ0v) is 14.8. The van der Waals surface area contributed by atoms with Gasteiger partial charge in [-0.1, -0.05) is 6.07 Å². The lowest BCUT2D eigenvalue weighted by Crippen LogP contribution is -2.24. The highest BCUT2D eigenvalue weighted by atomic mass is 15.2. The van der Waals surface area contributed by atoms with Gasteiger partial charge in [-0.2, -0.15) is 5.26 Å². The first kappa shape index (κ1) is 17.1. The number of nitriles is 1. The second-order valence-electron chi connectivity index (χ2n) is 6.42. The SMILES string of the molecule is N#Cc1ccc(Nc2nccc(C3CCCN3Cc3ccccn3)n2)cn1. The largest absolute Gasteiger partial charge is 0.323 e. The summed E-state index contributed by atoms with van der Waals surface area (Å²) < 4.78 is 0. The van der Waals surface area contributed by atoms with Gasteiger partial charge >= 0.3 is 0 Å². The number of anilines is 2. The van der Waals surface area contributed by atoms with Crippen molar-refractivity contribution in [3.05, 3.63) is 72.1 Å². The standard InChI is InChI=1S/C20H19N7/c21-12-15-6-7-16(13-24-15)25-20-23-10-8-18(26-20)19-5-3-11-27(19)14-17-4-1-2-9-22-17/h1-2,4,6-10,13,19H,3,5,11,14H2,(H,23,25,26). The van der Waals surface area contributed by atoms with Crippen molar-refractivity contribution in [3.8, 4) is 6.07 Å². The molecule has 7 nitrogen and oxygen atoms in total. The van der Waals surface area contributed by atoms with E-state index in [-0.39, 0.29) is 6.04 Å². The van der Waals surface area contributed by atoms with Crippen molar-refractivity contribution in [2.75, 3.05) is 11.9 Å². The van der Waals surface area contributed by atoms with Crippen LogP contribution in [0.3, 0.4) is 0 Å². The number of pyridine rings is 2. The van der Waals surface area contributed by atoms with Crippen LogP contribution in [0.1, 0.15) is 36.0 Å². The highest BCUT2D eigenvalue weighted by molar-refractivity contribution is 5.52. The molecular formula is C20H19N7. The molecule has 0 radical (unpaired) electrons. The fourth-order valence-corrected chi connectivity index (χ4v) is 3.33. The van der Waals surface area contributed by atoms with Crippen LogP contribution in [0, 0.1) is 11.3 Å². The zero-order chi connectivity index (χ0) is 18.5. The number of aromatic nitrogens is 4. The van der Waals surface area contributed by atoms with Crippen molar-refractivity contribution in [2.45, 2.75) is 25.4 Å². The molecule has 0 amide bonds. The summed E-state index contributed by atoms with van der Waals surface area (Å²) in [7, 11) is 0. The third kappa shape index (κ3) is 4.07. The highest BCUT2D eigenvalue weighted by Gasteiger charge is 2.27. The summed E-state index contributed by atoms with van der Waals surface area (Å²) in [6.45, 7) is 1.85. The molecule has 4 rings (SSSR count). The van der Waals surface area contributed by atoms with Crippen LogP contribution >= 0.6 is 0 Å². The van der Waals surface area contributed by atoms with Crippen molar-refractivity contribution >= 4 is 11.6 Å². The van der Waals surface area contributed by atoms with Crippen molar-refractivity contribution < 1.29 is 0 Å². The molecule has 4 heterocycles. The minimum absolute atomic E-state index is 0.259. The molecule has 1 fully saturated rings. The van der Waals surface area contributed by atoms with Gasteiger partial charge in [0.15, 0.2) is 0 Å². The fraction of sp³-hybridized carbons (Fsp3) is 0.250. The zero-order valence-electron chi connectivity index (χ0n) is 14.8. The number of nitrogens with zero attached hydrogens (tertiary/aromatic N) is 6. The smallest absolute Gasteiger partial charge is 0.227 e. The lowest BCUT2D eigenvalue weighted by atomic mass is 10.1. The maximum Gasteiger partial charge on any atom is 0.227 e.